The van der Waals surface area contributed by atoms with Gasteiger partial charge in [0.05, 0.1) is 0 Å². The Morgan fingerprint density at radius 1 is 1.23 bits per heavy atom. The maximum absolute atomic E-state index is 3.44. The lowest BCUT2D eigenvalue weighted by Gasteiger charge is -2.51. The van der Waals surface area contributed by atoms with E-state index < -0.39 is 0 Å². The molecule has 1 spiro atoms. The fourth-order valence-electron chi connectivity index (χ4n) is 2.99. The molecule has 2 fully saturated rings. The van der Waals surface area contributed by atoms with E-state index in [0.717, 1.165) is 11.3 Å². The largest absolute Gasteiger partial charge is 0.316 e. The van der Waals surface area contributed by atoms with Crippen molar-refractivity contribution in [2.75, 3.05) is 13.1 Å². The van der Waals surface area contributed by atoms with Gasteiger partial charge in [-0.2, -0.15) is 0 Å². The maximum atomic E-state index is 3.44. The molecule has 1 atom stereocenters. The van der Waals surface area contributed by atoms with E-state index in [-0.39, 0.29) is 0 Å². The number of nitrogens with one attached hydrogen (secondary N) is 1. The van der Waals surface area contributed by atoms with E-state index >= 15 is 0 Å². The van der Waals surface area contributed by atoms with Crippen molar-refractivity contribution in [3.63, 3.8) is 0 Å². The first-order valence-corrected chi connectivity index (χ1v) is 5.73. The average molecular weight is 181 g/mol. The van der Waals surface area contributed by atoms with Crippen LogP contribution in [0.5, 0.6) is 0 Å². The Bertz CT molecular complexity index is 186. The van der Waals surface area contributed by atoms with Crippen LogP contribution in [0.2, 0.25) is 0 Å². The van der Waals surface area contributed by atoms with Gasteiger partial charge in [0.15, 0.2) is 0 Å². The van der Waals surface area contributed by atoms with E-state index in [4.69, 9.17) is 0 Å². The Balaban J connectivity index is 2.00. The second-order valence-corrected chi connectivity index (χ2v) is 6.26. The highest BCUT2D eigenvalue weighted by Crippen LogP contribution is 2.47. The predicted octanol–water partition coefficient (Wildman–Crippen LogP) is 2.81. The normalized spacial score (nSPS) is 33.0. The summed E-state index contributed by atoms with van der Waals surface area (Å²) >= 11 is 0. The molecule has 1 aliphatic carbocycles. The monoisotopic (exact) mass is 181 g/mol. The van der Waals surface area contributed by atoms with Crippen LogP contribution in [0.1, 0.15) is 46.5 Å². The molecule has 0 amide bonds. The van der Waals surface area contributed by atoms with Gasteiger partial charge in [0.1, 0.15) is 0 Å². The third-order valence-electron chi connectivity index (χ3n) is 4.16. The smallest absolute Gasteiger partial charge is 0.00203 e. The van der Waals surface area contributed by atoms with Gasteiger partial charge >= 0.3 is 0 Å². The molecule has 0 unspecified atom stereocenters. The van der Waals surface area contributed by atoms with Crippen LogP contribution in [0.25, 0.3) is 0 Å². The molecule has 2 aliphatic rings. The van der Waals surface area contributed by atoms with Crippen LogP contribution >= 0.6 is 0 Å². The first-order chi connectivity index (χ1) is 6.02. The summed E-state index contributed by atoms with van der Waals surface area (Å²) in [5, 5.41) is 3.44. The zero-order chi connectivity index (χ0) is 9.53. The Hall–Kier alpha value is -0.0400. The molecule has 1 saturated heterocycles. The molecular weight excluding hydrogens is 158 g/mol. The second kappa shape index (κ2) is 2.98. The van der Waals surface area contributed by atoms with Crippen LogP contribution in [0.4, 0.5) is 0 Å². The second-order valence-electron chi connectivity index (χ2n) is 6.26. The van der Waals surface area contributed by atoms with Gasteiger partial charge in [-0.05, 0) is 36.0 Å². The lowest BCUT2D eigenvalue weighted by atomic mass is 9.60. The minimum absolute atomic E-state index is 0.531. The Morgan fingerprint density at radius 2 is 1.92 bits per heavy atom. The van der Waals surface area contributed by atoms with Crippen LogP contribution in [0, 0.1) is 16.7 Å². The zero-order valence-corrected chi connectivity index (χ0v) is 9.32. The van der Waals surface area contributed by atoms with Crippen LogP contribution in [-0.2, 0) is 0 Å². The molecule has 1 heteroatoms. The molecule has 2 rings (SSSR count). The lowest BCUT2D eigenvalue weighted by Crippen LogP contribution is -2.56. The highest BCUT2D eigenvalue weighted by molar-refractivity contribution is 4.98. The molecular formula is C12H23N. The summed E-state index contributed by atoms with van der Waals surface area (Å²) in [4.78, 5) is 0. The Kier molecular flexibility index (Phi) is 2.18. The third kappa shape index (κ3) is 1.76. The summed E-state index contributed by atoms with van der Waals surface area (Å²) < 4.78 is 0. The van der Waals surface area contributed by atoms with Crippen LogP contribution < -0.4 is 5.32 Å². The summed E-state index contributed by atoms with van der Waals surface area (Å²) in [6.07, 6.45) is 5.88. The van der Waals surface area contributed by atoms with Crippen molar-refractivity contribution in [2.24, 2.45) is 16.7 Å². The molecule has 0 aromatic rings. The summed E-state index contributed by atoms with van der Waals surface area (Å²) in [6.45, 7) is 9.80. The van der Waals surface area contributed by atoms with Crippen molar-refractivity contribution >= 4 is 0 Å². The number of rotatable bonds is 0. The first kappa shape index (κ1) is 9.51. The SMILES string of the molecule is CC(C)(C)[C@@H]1CCCC2(CNC2)C1. The molecule has 0 radical (unpaired) electrons. The third-order valence-corrected chi connectivity index (χ3v) is 4.16. The topological polar surface area (TPSA) is 12.0 Å². The predicted molar refractivity (Wildman–Crippen MR) is 56.7 cm³/mol. The van der Waals surface area contributed by atoms with Gasteiger partial charge in [-0.25, -0.2) is 0 Å². The van der Waals surface area contributed by atoms with E-state index in [1.807, 2.05) is 0 Å². The van der Waals surface area contributed by atoms with Crippen molar-refractivity contribution in [1.29, 1.82) is 0 Å². The molecule has 76 valence electrons. The fraction of sp³-hybridized carbons (Fsp3) is 1.00. The first-order valence-electron chi connectivity index (χ1n) is 5.73. The van der Waals surface area contributed by atoms with Gasteiger partial charge in [0.25, 0.3) is 0 Å². The van der Waals surface area contributed by atoms with Gasteiger partial charge in [0, 0.05) is 13.1 Å². The van der Waals surface area contributed by atoms with E-state index in [1.54, 1.807) is 0 Å². The van der Waals surface area contributed by atoms with E-state index in [0.29, 0.717) is 5.41 Å². The molecule has 1 saturated carbocycles. The minimum Gasteiger partial charge on any atom is -0.316 e. The minimum atomic E-state index is 0.531. The highest BCUT2D eigenvalue weighted by Gasteiger charge is 2.43. The standard InChI is InChI=1S/C12H23N/c1-11(2,3)10-5-4-6-12(7-10)8-13-9-12/h10,13H,4-9H2,1-3H3/t10-/m1/s1. The molecule has 0 bridgehead atoms. The molecule has 1 heterocycles. The molecule has 1 nitrogen and oxygen atoms in total. The summed E-state index contributed by atoms with van der Waals surface area (Å²) in [7, 11) is 0. The Labute approximate surface area is 82.3 Å². The van der Waals surface area contributed by atoms with Gasteiger partial charge < -0.3 is 5.32 Å². The Morgan fingerprint density at radius 3 is 2.38 bits per heavy atom. The van der Waals surface area contributed by atoms with E-state index in [2.05, 4.69) is 26.1 Å². The number of hydrogen-bond donors (Lipinski definition) is 1. The molecule has 0 aromatic heterocycles. The quantitative estimate of drug-likeness (QED) is 0.606. The molecule has 1 aliphatic heterocycles. The fourth-order valence-corrected chi connectivity index (χ4v) is 2.99. The summed E-state index contributed by atoms with van der Waals surface area (Å²) in [6, 6.07) is 0. The lowest BCUT2D eigenvalue weighted by molar-refractivity contribution is 0.0299. The maximum Gasteiger partial charge on any atom is 0.00203 e. The highest BCUT2D eigenvalue weighted by atomic mass is 15.0. The van der Waals surface area contributed by atoms with Gasteiger partial charge in [-0.3, -0.25) is 0 Å². The van der Waals surface area contributed by atoms with Crippen molar-refractivity contribution in [2.45, 2.75) is 46.5 Å². The van der Waals surface area contributed by atoms with Crippen LogP contribution in [-0.4, -0.2) is 13.1 Å². The zero-order valence-electron chi connectivity index (χ0n) is 9.32. The van der Waals surface area contributed by atoms with Crippen molar-refractivity contribution in [1.82, 2.24) is 5.32 Å². The molecule has 1 N–H and O–H groups in total. The van der Waals surface area contributed by atoms with Gasteiger partial charge in [0.2, 0.25) is 0 Å². The van der Waals surface area contributed by atoms with Crippen LogP contribution in [0.3, 0.4) is 0 Å². The number of hydrogen-bond acceptors (Lipinski definition) is 1. The van der Waals surface area contributed by atoms with Gasteiger partial charge in [-0.15, -0.1) is 0 Å². The van der Waals surface area contributed by atoms with Crippen LogP contribution in [0.15, 0.2) is 0 Å². The van der Waals surface area contributed by atoms with Crippen molar-refractivity contribution < 1.29 is 0 Å². The van der Waals surface area contributed by atoms with Crippen molar-refractivity contribution in [3.8, 4) is 0 Å². The summed E-state index contributed by atoms with van der Waals surface area (Å²) in [5.74, 6) is 0.961. The molecule has 0 aromatic carbocycles. The van der Waals surface area contributed by atoms with Crippen molar-refractivity contribution in [3.05, 3.63) is 0 Å². The molecule has 13 heavy (non-hydrogen) atoms. The average Bonchev–Trinajstić information content (AvgIpc) is 2.00. The van der Waals surface area contributed by atoms with Gasteiger partial charge in [-0.1, -0.05) is 27.2 Å². The van der Waals surface area contributed by atoms with E-state index in [1.165, 1.54) is 38.8 Å². The summed E-state index contributed by atoms with van der Waals surface area (Å²) in [5.41, 5.74) is 1.25. The van der Waals surface area contributed by atoms with E-state index in [9.17, 15) is 0 Å².